The Morgan fingerprint density at radius 3 is 2.37 bits per heavy atom. The molecule has 6 nitrogen and oxygen atoms in total. The van der Waals surface area contributed by atoms with E-state index in [1.54, 1.807) is 12.1 Å². The third kappa shape index (κ3) is 4.43. The van der Waals surface area contributed by atoms with Crippen molar-refractivity contribution < 1.29 is 14.4 Å². The zero-order chi connectivity index (χ0) is 19.4. The van der Waals surface area contributed by atoms with Crippen molar-refractivity contribution in [1.29, 1.82) is 0 Å². The van der Waals surface area contributed by atoms with Gasteiger partial charge in [0.05, 0.1) is 6.04 Å². The summed E-state index contributed by atoms with van der Waals surface area (Å²) >= 11 is 5.88. The maximum Gasteiger partial charge on any atom is 0.325 e. The van der Waals surface area contributed by atoms with Crippen LogP contribution in [-0.4, -0.2) is 34.8 Å². The van der Waals surface area contributed by atoms with Crippen LogP contribution < -0.4 is 10.6 Å². The van der Waals surface area contributed by atoms with Gasteiger partial charge in [-0.15, -0.1) is 0 Å². The van der Waals surface area contributed by atoms with Crippen LogP contribution in [0, 0.1) is 0 Å². The molecule has 0 radical (unpaired) electrons. The second-order valence-electron chi connectivity index (χ2n) is 7.51. The molecule has 1 spiro atoms. The number of carbonyl (C=O) groups is 3. The van der Waals surface area contributed by atoms with E-state index in [2.05, 4.69) is 10.6 Å². The van der Waals surface area contributed by atoms with Crippen molar-refractivity contribution in [1.82, 2.24) is 15.5 Å². The number of rotatable bonds is 4. The zero-order valence-electron chi connectivity index (χ0n) is 15.6. The van der Waals surface area contributed by atoms with Crippen LogP contribution in [0.25, 0.3) is 0 Å². The van der Waals surface area contributed by atoms with Crippen LogP contribution in [0.1, 0.15) is 63.5 Å². The number of amides is 4. The van der Waals surface area contributed by atoms with E-state index in [1.165, 1.54) is 6.42 Å². The number of nitrogens with zero attached hydrogens (tertiary/aromatic N) is 1. The van der Waals surface area contributed by atoms with E-state index in [9.17, 15) is 14.4 Å². The molecule has 0 aromatic heterocycles. The molecule has 4 amide bonds. The summed E-state index contributed by atoms with van der Waals surface area (Å²) in [7, 11) is 0. The zero-order valence-corrected chi connectivity index (χ0v) is 16.3. The lowest BCUT2D eigenvalue weighted by molar-refractivity contribution is -0.135. The number of halogens is 1. The van der Waals surface area contributed by atoms with Gasteiger partial charge in [0, 0.05) is 5.02 Å². The highest BCUT2D eigenvalue weighted by atomic mass is 35.5. The molecular weight excluding hydrogens is 366 g/mol. The van der Waals surface area contributed by atoms with Crippen LogP contribution >= 0.6 is 11.6 Å². The first-order valence-corrected chi connectivity index (χ1v) is 9.98. The normalized spacial score (nSPS) is 20.7. The molecule has 2 aliphatic rings. The first-order chi connectivity index (χ1) is 12.9. The molecule has 7 heteroatoms. The van der Waals surface area contributed by atoms with E-state index in [0.29, 0.717) is 17.9 Å². The maximum atomic E-state index is 12.9. The fourth-order valence-corrected chi connectivity index (χ4v) is 4.06. The molecule has 1 saturated heterocycles. The van der Waals surface area contributed by atoms with Crippen molar-refractivity contribution in [3.05, 3.63) is 34.9 Å². The minimum absolute atomic E-state index is 0.245. The van der Waals surface area contributed by atoms with E-state index in [0.717, 1.165) is 36.1 Å². The predicted molar refractivity (Wildman–Crippen MR) is 103 cm³/mol. The molecule has 1 unspecified atom stereocenters. The molecule has 1 atom stereocenters. The van der Waals surface area contributed by atoms with Crippen molar-refractivity contribution in [2.45, 2.75) is 63.5 Å². The third-order valence-electron chi connectivity index (χ3n) is 5.50. The lowest BCUT2D eigenvalue weighted by Gasteiger charge is -2.28. The smallest absolute Gasteiger partial charge is 0.325 e. The van der Waals surface area contributed by atoms with Crippen molar-refractivity contribution in [3.63, 3.8) is 0 Å². The highest BCUT2D eigenvalue weighted by Crippen LogP contribution is 2.32. The molecule has 1 aliphatic carbocycles. The Morgan fingerprint density at radius 1 is 1.15 bits per heavy atom. The van der Waals surface area contributed by atoms with E-state index in [4.69, 9.17) is 11.6 Å². The first-order valence-electron chi connectivity index (χ1n) is 9.60. The molecule has 1 aliphatic heterocycles. The molecule has 1 aromatic carbocycles. The minimum Gasteiger partial charge on any atom is -0.348 e. The van der Waals surface area contributed by atoms with E-state index in [1.807, 2.05) is 19.1 Å². The van der Waals surface area contributed by atoms with E-state index in [-0.39, 0.29) is 24.4 Å². The van der Waals surface area contributed by atoms with Gasteiger partial charge in [-0.1, -0.05) is 55.8 Å². The molecule has 1 heterocycles. The average Bonchev–Trinajstić information content (AvgIpc) is 2.84. The SMILES string of the molecule is CC(NC(=O)CN1C(=O)NC2(CCCCCCC2)C1=O)c1ccc(Cl)cc1. The number of benzene rings is 1. The summed E-state index contributed by atoms with van der Waals surface area (Å²) in [5.41, 5.74) is 0.0842. The largest absolute Gasteiger partial charge is 0.348 e. The molecule has 1 aromatic rings. The van der Waals surface area contributed by atoms with Crippen LogP contribution in [0.2, 0.25) is 5.02 Å². The standard InChI is InChI=1S/C20H26ClN3O3/c1-14(15-7-9-16(21)10-8-15)22-17(25)13-24-18(26)20(23-19(24)27)11-5-3-2-4-6-12-20/h7-10,14H,2-6,11-13H2,1H3,(H,22,25)(H,23,27). The lowest BCUT2D eigenvalue weighted by atomic mass is 9.84. The Morgan fingerprint density at radius 2 is 1.74 bits per heavy atom. The van der Waals surface area contributed by atoms with Crippen molar-refractivity contribution >= 4 is 29.4 Å². The van der Waals surface area contributed by atoms with Crippen LogP contribution in [0.4, 0.5) is 4.79 Å². The summed E-state index contributed by atoms with van der Waals surface area (Å²) in [6.07, 6.45) is 6.45. The quantitative estimate of drug-likeness (QED) is 0.770. The fraction of sp³-hybridized carbons (Fsp3) is 0.550. The molecule has 2 fully saturated rings. The third-order valence-corrected chi connectivity index (χ3v) is 5.75. The Hall–Kier alpha value is -2.08. The highest BCUT2D eigenvalue weighted by molar-refractivity contribution is 6.30. The molecule has 146 valence electrons. The van der Waals surface area contributed by atoms with Gasteiger partial charge in [0.15, 0.2) is 0 Å². The number of carbonyl (C=O) groups excluding carboxylic acids is 3. The second kappa shape index (κ2) is 8.30. The number of imide groups is 1. The van der Waals surface area contributed by atoms with Gasteiger partial charge in [0.25, 0.3) is 5.91 Å². The Balaban J connectivity index is 1.62. The number of hydrogen-bond donors (Lipinski definition) is 2. The summed E-state index contributed by atoms with van der Waals surface area (Å²) in [5, 5.41) is 6.34. The summed E-state index contributed by atoms with van der Waals surface area (Å²) in [4.78, 5) is 38.8. The summed E-state index contributed by atoms with van der Waals surface area (Å²) < 4.78 is 0. The minimum atomic E-state index is -0.820. The number of hydrogen-bond acceptors (Lipinski definition) is 3. The van der Waals surface area contributed by atoms with Crippen LogP contribution in [0.15, 0.2) is 24.3 Å². The van der Waals surface area contributed by atoms with Gasteiger partial charge in [-0.25, -0.2) is 4.79 Å². The Labute approximate surface area is 164 Å². The van der Waals surface area contributed by atoms with Crippen molar-refractivity contribution in [3.8, 4) is 0 Å². The molecular formula is C20H26ClN3O3. The Bertz CT molecular complexity index is 712. The van der Waals surface area contributed by atoms with Crippen LogP contribution in [0.5, 0.6) is 0 Å². The summed E-state index contributed by atoms with van der Waals surface area (Å²) in [6.45, 7) is 1.59. The van der Waals surface area contributed by atoms with Crippen molar-refractivity contribution in [2.24, 2.45) is 0 Å². The molecule has 2 N–H and O–H groups in total. The monoisotopic (exact) mass is 391 g/mol. The molecule has 27 heavy (non-hydrogen) atoms. The second-order valence-corrected chi connectivity index (χ2v) is 7.95. The highest BCUT2D eigenvalue weighted by Gasteiger charge is 2.50. The predicted octanol–water partition coefficient (Wildman–Crippen LogP) is 3.55. The molecule has 0 bridgehead atoms. The van der Waals surface area contributed by atoms with Gasteiger partial charge in [0.1, 0.15) is 12.1 Å². The van der Waals surface area contributed by atoms with Crippen LogP contribution in [-0.2, 0) is 9.59 Å². The molecule has 1 saturated carbocycles. The van der Waals surface area contributed by atoms with Gasteiger partial charge in [-0.2, -0.15) is 0 Å². The lowest BCUT2D eigenvalue weighted by Crippen LogP contribution is -2.48. The van der Waals surface area contributed by atoms with Gasteiger partial charge in [0.2, 0.25) is 5.91 Å². The summed E-state index contributed by atoms with van der Waals surface area (Å²) in [5.74, 6) is -0.618. The topological polar surface area (TPSA) is 78.5 Å². The van der Waals surface area contributed by atoms with Gasteiger partial charge in [-0.3, -0.25) is 14.5 Å². The number of nitrogens with one attached hydrogen (secondary N) is 2. The van der Waals surface area contributed by atoms with Gasteiger partial charge in [-0.05, 0) is 37.5 Å². The maximum absolute atomic E-state index is 12.9. The van der Waals surface area contributed by atoms with E-state index < -0.39 is 11.6 Å². The van der Waals surface area contributed by atoms with Crippen LogP contribution in [0.3, 0.4) is 0 Å². The Kier molecular flexibility index (Phi) is 6.05. The number of urea groups is 1. The van der Waals surface area contributed by atoms with Gasteiger partial charge < -0.3 is 10.6 Å². The van der Waals surface area contributed by atoms with E-state index >= 15 is 0 Å². The fourth-order valence-electron chi connectivity index (χ4n) is 3.93. The molecule has 3 rings (SSSR count). The van der Waals surface area contributed by atoms with Gasteiger partial charge >= 0.3 is 6.03 Å². The van der Waals surface area contributed by atoms with Crippen molar-refractivity contribution in [2.75, 3.05) is 6.54 Å². The first kappa shape index (κ1) is 19.7. The average molecular weight is 392 g/mol. The summed E-state index contributed by atoms with van der Waals surface area (Å²) in [6, 6.07) is 6.49.